The molecule has 0 aliphatic rings. The number of aromatic carboxylic acids is 1. The minimum atomic E-state index is -1.07. The van der Waals surface area contributed by atoms with Crippen LogP contribution >= 0.6 is 0 Å². The highest BCUT2D eigenvalue weighted by atomic mass is 16.5. The zero-order valence-electron chi connectivity index (χ0n) is 11.2. The Morgan fingerprint density at radius 2 is 1.60 bits per heavy atom. The lowest BCUT2D eigenvalue weighted by atomic mass is 9.88. The van der Waals surface area contributed by atoms with Gasteiger partial charge in [0.25, 0.3) is 0 Å². The van der Waals surface area contributed by atoms with Crippen molar-refractivity contribution in [3.8, 4) is 0 Å². The standard InChI is InChI=1S/C14H18O6/c1-2-14(7-15,8-16)9-20-13(19)11-5-3-10(4-6-11)12(17)18/h3-6,15-16H,2,7-9H2,1H3,(H,17,18). The van der Waals surface area contributed by atoms with Crippen molar-refractivity contribution >= 4 is 11.9 Å². The van der Waals surface area contributed by atoms with Crippen molar-refractivity contribution in [3.63, 3.8) is 0 Å². The lowest BCUT2D eigenvalue weighted by Crippen LogP contribution is -2.35. The molecule has 0 heterocycles. The first-order valence-corrected chi connectivity index (χ1v) is 6.20. The van der Waals surface area contributed by atoms with E-state index in [1.54, 1.807) is 6.92 Å². The van der Waals surface area contributed by atoms with Crippen molar-refractivity contribution in [3.05, 3.63) is 35.4 Å². The molecule has 0 amide bonds. The van der Waals surface area contributed by atoms with Crippen molar-refractivity contribution in [1.29, 1.82) is 0 Å². The van der Waals surface area contributed by atoms with Crippen LogP contribution in [0.1, 0.15) is 34.1 Å². The normalized spacial score (nSPS) is 11.2. The summed E-state index contributed by atoms with van der Waals surface area (Å²) >= 11 is 0. The summed E-state index contributed by atoms with van der Waals surface area (Å²) in [7, 11) is 0. The molecule has 0 aromatic heterocycles. The zero-order chi connectivity index (χ0) is 15.2. The van der Waals surface area contributed by atoms with E-state index in [9.17, 15) is 19.8 Å². The van der Waals surface area contributed by atoms with Crippen LogP contribution in [0.25, 0.3) is 0 Å². The molecular weight excluding hydrogens is 264 g/mol. The Bertz CT molecular complexity index is 453. The van der Waals surface area contributed by atoms with Gasteiger partial charge in [-0.1, -0.05) is 6.92 Å². The van der Waals surface area contributed by atoms with E-state index >= 15 is 0 Å². The molecule has 0 unspecified atom stereocenters. The average Bonchev–Trinajstić information content (AvgIpc) is 2.49. The molecule has 1 aromatic carbocycles. The van der Waals surface area contributed by atoms with Gasteiger partial charge >= 0.3 is 11.9 Å². The third-order valence-electron chi connectivity index (χ3n) is 3.30. The highest BCUT2D eigenvalue weighted by Gasteiger charge is 2.28. The van der Waals surface area contributed by atoms with Gasteiger partial charge < -0.3 is 20.1 Å². The molecular formula is C14H18O6. The molecule has 110 valence electrons. The molecule has 6 heteroatoms. The van der Waals surface area contributed by atoms with Gasteiger partial charge in [-0.15, -0.1) is 0 Å². The first-order valence-electron chi connectivity index (χ1n) is 6.20. The number of rotatable bonds is 7. The lowest BCUT2D eigenvalue weighted by Gasteiger charge is -2.27. The Kier molecular flexibility index (Phi) is 5.66. The van der Waals surface area contributed by atoms with Crippen molar-refractivity contribution in [2.45, 2.75) is 13.3 Å². The predicted octanol–water partition coefficient (Wildman–Crippen LogP) is 0.923. The maximum absolute atomic E-state index is 11.8. The summed E-state index contributed by atoms with van der Waals surface area (Å²) in [5.41, 5.74) is -0.553. The first-order chi connectivity index (χ1) is 9.48. The summed E-state index contributed by atoms with van der Waals surface area (Å²) in [5, 5.41) is 27.2. The fourth-order valence-electron chi connectivity index (χ4n) is 1.52. The van der Waals surface area contributed by atoms with Crippen LogP contribution < -0.4 is 0 Å². The number of carboxylic acid groups (broad SMARTS) is 1. The summed E-state index contributed by atoms with van der Waals surface area (Å²) < 4.78 is 5.06. The van der Waals surface area contributed by atoms with Gasteiger partial charge in [0.2, 0.25) is 0 Å². The molecule has 0 radical (unpaired) electrons. The van der Waals surface area contributed by atoms with Gasteiger partial charge in [0.1, 0.15) is 6.61 Å². The number of carbonyl (C=O) groups is 2. The number of hydrogen-bond donors (Lipinski definition) is 3. The smallest absolute Gasteiger partial charge is 0.338 e. The molecule has 0 aliphatic carbocycles. The quantitative estimate of drug-likeness (QED) is 0.642. The fourth-order valence-corrected chi connectivity index (χ4v) is 1.52. The largest absolute Gasteiger partial charge is 0.478 e. The van der Waals surface area contributed by atoms with Gasteiger partial charge in [0, 0.05) is 0 Å². The third kappa shape index (κ3) is 3.79. The first kappa shape index (κ1) is 16.1. The molecule has 0 saturated carbocycles. The topological polar surface area (TPSA) is 104 Å². The van der Waals surface area contributed by atoms with Crippen LogP contribution in [0, 0.1) is 5.41 Å². The monoisotopic (exact) mass is 282 g/mol. The van der Waals surface area contributed by atoms with E-state index in [-0.39, 0.29) is 30.9 Å². The Labute approximate surface area is 116 Å². The number of esters is 1. The van der Waals surface area contributed by atoms with Crippen molar-refractivity contribution in [2.75, 3.05) is 19.8 Å². The number of carbonyl (C=O) groups excluding carboxylic acids is 1. The molecule has 0 spiro atoms. The molecule has 0 saturated heterocycles. The zero-order valence-corrected chi connectivity index (χ0v) is 11.2. The van der Waals surface area contributed by atoms with E-state index in [1.807, 2.05) is 0 Å². The second-order valence-electron chi connectivity index (χ2n) is 4.63. The summed E-state index contributed by atoms with van der Waals surface area (Å²) in [5.74, 6) is -1.70. The summed E-state index contributed by atoms with van der Waals surface area (Å²) in [6, 6.07) is 5.34. The fraction of sp³-hybridized carbons (Fsp3) is 0.429. The van der Waals surface area contributed by atoms with Crippen LogP contribution in [0.2, 0.25) is 0 Å². The number of carboxylic acids is 1. The van der Waals surface area contributed by atoms with Crippen LogP contribution in [-0.4, -0.2) is 47.1 Å². The Morgan fingerprint density at radius 1 is 1.10 bits per heavy atom. The molecule has 0 bridgehead atoms. The Hall–Kier alpha value is -1.92. The third-order valence-corrected chi connectivity index (χ3v) is 3.30. The highest BCUT2D eigenvalue weighted by Crippen LogP contribution is 2.21. The van der Waals surface area contributed by atoms with Gasteiger partial charge in [0.05, 0.1) is 29.8 Å². The number of hydrogen-bond acceptors (Lipinski definition) is 5. The van der Waals surface area contributed by atoms with Gasteiger partial charge in [-0.3, -0.25) is 0 Å². The molecule has 3 N–H and O–H groups in total. The SMILES string of the molecule is CCC(CO)(CO)COC(=O)c1ccc(C(=O)O)cc1. The van der Waals surface area contributed by atoms with Crippen molar-refractivity contribution < 1.29 is 29.6 Å². The Morgan fingerprint density at radius 3 is 2.00 bits per heavy atom. The number of ether oxygens (including phenoxy) is 1. The van der Waals surface area contributed by atoms with Crippen LogP contribution in [0.4, 0.5) is 0 Å². The highest BCUT2D eigenvalue weighted by molar-refractivity contribution is 5.92. The van der Waals surface area contributed by atoms with E-state index in [2.05, 4.69) is 0 Å². The van der Waals surface area contributed by atoms with Crippen LogP contribution in [0.3, 0.4) is 0 Å². The van der Waals surface area contributed by atoms with E-state index in [0.717, 1.165) is 0 Å². The van der Waals surface area contributed by atoms with Gasteiger partial charge in [-0.25, -0.2) is 9.59 Å². The van der Waals surface area contributed by atoms with Gasteiger partial charge in [-0.05, 0) is 30.7 Å². The predicted molar refractivity (Wildman–Crippen MR) is 70.6 cm³/mol. The lowest BCUT2D eigenvalue weighted by molar-refractivity contribution is -0.0177. The van der Waals surface area contributed by atoms with Crippen LogP contribution in [0.5, 0.6) is 0 Å². The molecule has 20 heavy (non-hydrogen) atoms. The minimum absolute atomic E-state index is 0.0789. The minimum Gasteiger partial charge on any atom is -0.478 e. The molecule has 6 nitrogen and oxygen atoms in total. The van der Waals surface area contributed by atoms with Crippen LogP contribution in [0.15, 0.2) is 24.3 Å². The second-order valence-corrected chi connectivity index (χ2v) is 4.63. The number of aliphatic hydroxyl groups is 2. The molecule has 1 aromatic rings. The molecule has 0 atom stereocenters. The van der Waals surface area contributed by atoms with E-state index in [0.29, 0.717) is 6.42 Å². The summed E-state index contributed by atoms with van der Waals surface area (Å²) in [4.78, 5) is 22.5. The average molecular weight is 282 g/mol. The Balaban J connectivity index is 2.69. The summed E-state index contributed by atoms with van der Waals surface area (Å²) in [6.45, 7) is 1.11. The number of aliphatic hydroxyl groups excluding tert-OH is 2. The number of benzene rings is 1. The van der Waals surface area contributed by atoms with E-state index < -0.39 is 17.4 Å². The molecule has 0 aliphatic heterocycles. The van der Waals surface area contributed by atoms with Crippen molar-refractivity contribution in [2.24, 2.45) is 5.41 Å². The van der Waals surface area contributed by atoms with Crippen LogP contribution in [-0.2, 0) is 4.74 Å². The van der Waals surface area contributed by atoms with E-state index in [1.165, 1.54) is 24.3 Å². The maximum Gasteiger partial charge on any atom is 0.338 e. The summed E-state index contributed by atoms with van der Waals surface area (Å²) in [6.07, 6.45) is 0.464. The maximum atomic E-state index is 11.8. The van der Waals surface area contributed by atoms with E-state index in [4.69, 9.17) is 9.84 Å². The molecule has 0 fully saturated rings. The van der Waals surface area contributed by atoms with Gasteiger partial charge in [0.15, 0.2) is 0 Å². The second kappa shape index (κ2) is 7.02. The van der Waals surface area contributed by atoms with Crippen molar-refractivity contribution in [1.82, 2.24) is 0 Å². The molecule has 1 rings (SSSR count). The van der Waals surface area contributed by atoms with Gasteiger partial charge in [-0.2, -0.15) is 0 Å².